The van der Waals surface area contributed by atoms with Crippen molar-refractivity contribution < 1.29 is 0 Å². The maximum Gasteiger partial charge on any atom is 0.0329 e. The van der Waals surface area contributed by atoms with Crippen LogP contribution >= 0.6 is 0 Å². The van der Waals surface area contributed by atoms with E-state index < -0.39 is 0 Å². The highest BCUT2D eigenvalue weighted by Gasteiger charge is 2.37. The highest BCUT2D eigenvalue weighted by molar-refractivity contribution is 4.95. The van der Waals surface area contributed by atoms with Crippen molar-refractivity contribution in [1.82, 2.24) is 9.80 Å². The molecule has 0 spiro atoms. The Balaban J connectivity index is 1.97. The highest BCUT2D eigenvalue weighted by Crippen LogP contribution is 2.35. The molecule has 1 saturated carbocycles. The van der Waals surface area contributed by atoms with E-state index in [1.165, 1.54) is 64.5 Å². The molecule has 0 bridgehead atoms. The molecule has 0 aromatic carbocycles. The normalized spacial score (nSPS) is 36.5. The second-order valence-corrected chi connectivity index (χ2v) is 7.29. The third kappa shape index (κ3) is 3.55. The van der Waals surface area contributed by atoms with Gasteiger partial charge in [0.2, 0.25) is 0 Å². The van der Waals surface area contributed by atoms with Gasteiger partial charge in [0.25, 0.3) is 0 Å². The third-order valence-electron chi connectivity index (χ3n) is 6.20. The Morgan fingerprint density at radius 1 is 1.20 bits per heavy atom. The summed E-state index contributed by atoms with van der Waals surface area (Å²) in [6, 6.07) is 0.744. The van der Waals surface area contributed by atoms with E-state index in [1.807, 2.05) is 0 Å². The third-order valence-corrected chi connectivity index (χ3v) is 6.20. The molecule has 3 atom stereocenters. The van der Waals surface area contributed by atoms with E-state index in [4.69, 9.17) is 5.73 Å². The van der Waals surface area contributed by atoms with Crippen molar-refractivity contribution in [2.24, 2.45) is 11.7 Å². The average Bonchev–Trinajstić information content (AvgIpc) is 2.75. The summed E-state index contributed by atoms with van der Waals surface area (Å²) in [5.41, 5.74) is 6.52. The summed E-state index contributed by atoms with van der Waals surface area (Å²) < 4.78 is 0. The van der Waals surface area contributed by atoms with Crippen molar-refractivity contribution in [2.75, 3.05) is 33.7 Å². The van der Waals surface area contributed by atoms with Crippen molar-refractivity contribution in [3.05, 3.63) is 0 Å². The fourth-order valence-corrected chi connectivity index (χ4v) is 4.33. The molecule has 0 aromatic heterocycles. The Bertz CT molecular complexity index is 294. The first-order chi connectivity index (χ1) is 9.61. The number of likely N-dealkylation sites (tertiary alicyclic amines) is 1. The van der Waals surface area contributed by atoms with Crippen molar-refractivity contribution in [2.45, 2.75) is 69.9 Å². The molecule has 1 aliphatic heterocycles. The topological polar surface area (TPSA) is 32.5 Å². The molecule has 3 heteroatoms. The van der Waals surface area contributed by atoms with E-state index in [2.05, 4.69) is 30.8 Å². The van der Waals surface area contributed by atoms with Gasteiger partial charge in [0, 0.05) is 24.7 Å². The molecular formula is C17H35N3. The smallest absolute Gasteiger partial charge is 0.0329 e. The minimum atomic E-state index is 0.271. The van der Waals surface area contributed by atoms with Gasteiger partial charge in [-0.1, -0.05) is 26.2 Å². The van der Waals surface area contributed by atoms with Crippen LogP contribution in [0.15, 0.2) is 0 Å². The van der Waals surface area contributed by atoms with Crippen LogP contribution in [0.3, 0.4) is 0 Å². The SMILES string of the molecule is CCC1CCCC(CN)(N(C)CC2CCCN2C)CC1. The maximum absolute atomic E-state index is 6.25. The minimum absolute atomic E-state index is 0.271. The number of likely N-dealkylation sites (N-methyl/N-ethyl adjacent to an activating group) is 2. The first-order valence-electron chi connectivity index (χ1n) is 8.73. The molecule has 0 radical (unpaired) electrons. The molecule has 2 N–H and O–H groups in total. The first kappa shape index (κ1) is 16.3. The van der Waals surface area contributed by atoms with Crippen molar-refractivity contribution >= 4 is 0 Å². The largest absolute Gasteiger partial charge is 0.329 e. The summed E-state index contributed by atoms with van der Waals surface area (Å²) in [5, 5.41) is 0. The van der Waals surface area contributed by atoms with Crippen LogP contribution in [0.1, 0.15) is 58.3 Å². The second-order valence-electron chi connectivity index (χ2n) is 7.29. The molecule has 1 aliphatic carbocycles. The lowest BCUT2D eigenvalue weighted by Crippen LogP contribution is -2.55. The number of hydrogen-bond donors (Lipinski definition) is 1. The molecule has 3 nitrogen and oxygen atoms in total. The molecule has 118 valence electrons. The van der Waals surface area contributed by atoms with Crippen LogP contribution in [0.5, 0.6) is 0 Å². The van der Waals surface area contributed by atoms with Gasteiger partial charge < -0.3 is 10.6 Å². The molecule has 2 aliphatic rings. The van der Waals surface area contributed by atoms with E-state index in [1.54, 1.807) is 0 Å². The lowest BCUT2D eigenvalue weighted by Gasteiger charge is -2.43. The molecule has 0 amide bonds. The van der Waals surface area contributed by atoms with E-state index in [0.29, 0.717) is 0 Å². The molecule has 1 saturated heterocycles. The zero-order chi connectivity index (χ0) is 14.6. The molecule has 1 heterocycles. The second kappa shape index (κ2) is 7.24. The van der Waals surface area contributed by atoms with Crippen LogP contribution in [-0.2, 0) is 0 Å². The lowest BCUT2D eigenvalue weighted by atomic mass is 9.87. The monoisotopic (exact) mass is 281 g/mol. The maximum atomic E-state index is 6.25. The predicted molar refractivity (Wildman–Crippen MR) is 86.9 cm³/mol. The lowest BCUT2D eigenvalue weighted by molar-refractivity contribution is 0.0803. The Hall–Kier alpha value is -0.120. The molecule has 20 heavy (non-hydrogen) atoms. The highest BCUT2D eigenvalue weighted by atomic mass is 15.2. The number of nitrogens with zero attached hydrogens (tertiary/aromatic N) is 2. The summed E-state index contributed by atoms with van der Waals surface area (Å²) in [4.78, 5) is 5.16. The summed E-state index contributed by atoms with van der Waals surface area (Å²) in [7, 11) is 4.60. The molecule has 3 unspecified atom stereocenters. The summed E-state index contributed by atoms with van der Waals surface area (Å²) in [6.45, 7) is 5.64. The standard InChI is InChI=1S/C17H35N3/c1-4-15-7-5-10-17(14-18,11-9-15)20(3)13-16-8-6-12-19(16)2/h15-16H,4-14,18H2,1-3H3. The van der Waals surface area contributed by atoms with Gasteiger partial charge in [-0.25, -0.2) is 0 Å². The van der Waals surface area contributed by atoms with E-state index >= 15 is 0 Å². The van der Waals surface area contributed by atoms with Gasteiger partial charge in [-0.3, -0.25) is 4.90 Å². The number of hydrogen-bond acceptors (Lipinski definition) is 3. The van der Waals surface area contributed by atoms with E-state index in [9.17, 15) is 0 Å². The zero-order valence-electron chi connectivity index (χ0n) is 13.9. The Labute approximate surface area is 125 Å². The van der Waals surface area contributed by atoms with E-state index in [0.717, 1.165) is 18.5 Å². The fraction of sp³-hybridized carbons (Fsp3) is 1.00. The van der Waals surface area contributed by atoms with Crippen LogP contribution in [0.2, 0.25) is 0 Å². The van der Waals surface area contributed by atoms with Gasteiger partial charge in [-0.15, -0.1) is 0 Å². The summed E-state index contributed by atoms with van der Waals surface area (Å²) >= 11 is 0. The van der Waals surface area contributed by atoms with Crippen molar-refractivity contribution in [1.29, 1.82) is 0 Å². The Morgan fingerprint density at radius 3 is 2.60 bits per heavy atom. The molecular weight excluding hydrogens is 246 g/mol. The quantitative estimate of drug-likeness (QED) is 0.787. The average molecular weight is 281 g/mol. The molecule has 2 fully saturated rings. The van der Waals surface area contributed by atoms with Gasteiger partial charge in [-0.05, 0) is 58.7 Å². The van der Waals surface area contributed by atoms with Crippen LogP contribution in [0.4, 0.5) is 0 Å². The summed E-state index contributed by atoms with van der Waals surface area (Å²) in [5.74, 6) is 0.936. The van der Waals surface area contributed by atoms with Crippen molar-refractivity contribution in [3.63, 3.8) is 0 Å². The molecule has 0 aromatic rings. The van der Waals surface area contributed by atoms with Gasteiger partial charge in [0.05, 0.1) is 0 Å². The Kier molecular flexibility index (Phi) is 5.88. The number of rotatable bonds is 5. The van der Waals surface area contributed by atoms with Crippen LogP contribution in [0.25, 0.3) is 0 Å². The Morgan fingerprint density at radius 2 is 2.00 bits per heavy atom. The van der Waals surface area contributed by atoms with Gasteiger partial charge in [0.15, 0.2) is 0 Å². The van der Waals surface area contributed by atoms with E-state index in [-0.39, 0.29) is 5.54 Å². The zero-order valence-corrected chi connectivity index (χ0v) is 13.9. The van der Waals surface area contributed by atoms with Gasteiger partial charge in [-0.2, -0.15) is 0 Å². The first-order valence-corrected chi connectivity index (χ1v) is 8.73. The minimum Gasteiger partial charge on any atom is -0.329 e. The predicted octanol–water partition coefficient (Wildman–Crippen LogP) is 2.70. The van der Waals surface area contributed by atoms with Crippen LogP contribution in [0, 0.1) is 5.92 Å². The molecule has 2 rings (SSSR count). The van der Waals surface area contributed by atoms with Crippen LogP contribution < -0.4 is 5.73 Å². The van der Waals surface area contributed by atoms with Crippen LogP contribution in [-0.4, -0.2) is 55.1 Å². The summed E-state index contributed by atoms with van der Waals surface area (Å²) in [6.07, 6.45) is 10.8. The van der Waals surface area contributed by atoms with Crippen molar-refractivity contribution in [3.8, 4) is 0 Å². The van der Waals surface area contributed by atoms with Gasteiger partial charge in [0.1, 0.15) is 0 Å². The van der Waals surface area contributed by atoms with Gasteiger partial charge >= 0.3 is 0 Å². The number of nitrogens with two attached hydrogens (primary N) is 1. The fourth-order valence-electron chi connectivity index (χ4n) is 4.33.